The summed E-state index contributed by atoms with van der Waals surface area (Å²) >= 11 is 0. The molecule has 1 rings (SSSR count). The zero-order chi connectivity index (χ0) is 10.6. The number of nitrogens with zero attached hydrogens (tertiary/aromatic N) is 1. The molecule has 0 aromatic rings. The number of hydroxylamine groups is 3. The van der Waals surface area contributed by atoms with Crippen LogP contribution in [0, 0.1) is 5.21 Å². The van der Waals surface area contributed by atoms with Crippen molar-refractivity contribution in [3.63, 3.8) is 0 Å². The Morgan fingerprint density at radius 1 is 1.50 bits per heavy atom. The molecule has 0 aromatic carbocycles. The van der Waals surface area contributed by atoms with Crippen LogP contribution in [0.4, 0.5) is 0 Å². The first-order chi connectivity index (χ1) is 6.53. The molecule has 0 aromatic heterocycles. The number of ether oxygens (including phenoxy) is 1. The predicted octanol–water partition coefficient (Wildman–Crippen LogP) is 1.21. The van der Waals surface area contributed by atoms with E-state index in [-0.39, 0.29) is 11.3 Å². The van der Waals surface area contributed by atoms with Gasteiger partial charge in [-0.05, 0) is 6.92 Å². The summed E-state index contributed by atoms with van der Waals surface area (Å²) in [6.45, 7) is 6.95. The van der Waals surface area contributed by atoms with Crippen molar-refractivity contribution in [2.24, 2.45) is 0 Å². The first-order valence-corrected chi connectivity index (χ1v) is 4.93. The van der Waals surface area contributed by atoms with Crippen molar-refractivity contribution in [3.8, 4) is 0 Å². The van der Waals surface area contributed by atoms with E-state index in [1.54, 1.807) is 6.92 Å². The van der Waals surface area contributed by atoms with Crippen LogP contribution in [-0.4, -0.2) is 36.9 Å². The topological polar surface area (TPSA) is 49.4 Å². The first kappa shape index (κ1) is 11.2. The quantitative estimate of drug-likeness (QED) is 0.296. The van der Waals surface area contributed by atoms with Gasteiger partial charge in [0.25, 0.3) is 0 Å². The minimum Gasteiger partial charge on any atom is -0.633 e. The van der Waals surface area contributed by atoms with Gasteiger partial charge in [0, 0.05) is 18.4 Å². The lowest BCUT2D eigenvalue weighted by molar-refractivity contribution is -0.868. The molecule has 1 heterocycles. The third-order valence-electron chi connectivity index (χ3n) is 2.46. The Kier molecular flexibility index (Phi) is 3.66. The van der Waals surface area contributed by atoms with E-state index < -0.39 is 5.97 Å². The van der Waals surface area contributed by atoms with Gasteiger partial charge in [-0.1, -0.05) is 6.58 Å². The van der Waals surface area contributed by atoms with Gasteiger partial charge in [0.2, 0.25) is 0 Å². The standard InChI is InChI=1S/C10H17NO3/c1-9(2)10(12)14-8-7-11(13)5-3-4-6-11/h1,3-8H2,2H3. The van der Waals surface area contributed by atoms with Gasteiger partial charge < -0.3 is 14.6 Å². The number of likely N-dealkylation sites (tertiary alicyclic amines) is 1. The van der Waals surface area contributed by atoms with E-state index in [0.717, 1.165) is 12.8 Å². The number of hydrogen-bond donors (Lipinski definition) is 0. The summed E-state index contributed by atoms with van der Waals surface area (Å²) in [5, 5.41) is 11.8. The molecule has 80 valence electrons. The second-order valence-electron chi connectivity index (χ2n) is 3.85. The van der Waals surface area contributed by atoms with Gasteiger partial charge >= 0.3 is 5.97 Å². The molecule has 1 saturated heterocycles. The van der Waals surface area contributed by atoms with Crippen molar-refractivity contribution in [2.45, 2.75) is 19.8 Å². The van der Waals surface area contributed by atoms with E-state index in [2.05, 4.69) is 6.58 Å². The van der Waals surface area contributed by atoms with Crippen LogP contribution in [0.25, 0.3) is 0 Å². The lowest BCUT2D eigenvalue weighted by Crippen LogP contribution is -2.41. The van der Waals surface area contributed by atoms with Crippen LogP contribution in [-0.2, 0) is 9.53 Å². The molecule has 1 aliphatic rings. The summed E-state index contributed by atoms with van der Waals surface area (Å²) in [5.74, 6) is -0.407. The smallest absolute Gasteiger partial charge is 0.333 e. The van der Waals surface area contributed by atoms with Crippen molar-refractivity contribution in [3.05, 3.63) is 17.4 Å². The minimum absolute atomic E-state index is 0.204. The van der Waals surface area contributed by atoms with E-state index in [4.69, 9.17) is 4.74 Å². The lowest BCUT2D eigenvalue weighted by Gasteiger charge is -2.37. The summed E-state index contributed by atoms with van der Waals surface area (Å²) in [6, 6.07) is 0. The molecular weight excluding hydrogens is 182 g/mol. The SMILES string of the molecule is C=C(C)C(=O)OCC[N+]1([O-])CCCC1. The molecule has 0 radical (unpaired) electrons. The second kappa shape index (κ2) is 4.57. The molecule has 1 fully saturated rings. The van der Waals surface area contributed by atoms with Gasteiger partial charge in [0.15, 0.2) is 0 Å². The Bertz CT molecular complexity index is 232. The van der Waals surface area contributed by atoms with Crippen molar-refractivity contribution >= 4 is 5.97 Å². The normalized spacial score (nSPS) is 19.3. The fraction of sp³-hybridized carbons (Fsp3) is 0.700. The zero-order valence-electron chi connectivity index (χ0n) is 8.62. The maximum absolute atomic E-state index is 11.8. The molecule has 0 amide bonds. The van der Waals surface area contributed by atoms with E-state index >= 15 is 0 Å². The van der Waals surface area contributed by atoms with Crippen molar-refractivity contribution in [1.82, 2.24) is 0 Å². The van der Waals surface area contributed by atoms with Gasteiger partial charge in [-0.15, -0.1) is 0 Å². The number of rotatable bonds is 4. The van der Waals surface area contributed by atoms with Gasteiger partial charge in [-0.2, -0.15) is 0 Å². The maximum Gasteiger partial charge on any atom is 0.333 e. The van der Waals surface area contributed by atoms with Crippen LogP contribution in [0.1, 0.15) is 19.8 Å². The maximum atomic E-state index is 11.8. The minimum atomic E-state index is -0.407. The highest BCUT2D eigenvalue weighted by Crippen LogP contribution is 2.16. The van der Waals surface area contributed by atoms with E-state index in [1.807, 2.05) is 0 Å². The van der Waals surface area contributed by atoms with Crippen molar-refractivity contribution in [1.29, 1.82) is 0 Å². The molecule has 0 bridgehead atoms. The van der Waals surface area contributed by atoms with Gasteiger partial charge in [0.05, 0.1) is 13.1 Å². The van der Waals surface area contributed by atoms with Gasteiger partial charge in [0.1, 0.15) is 13.2 Å². The molecule has 0 unspecified atom stereocenters. The number of esters is 1. The molecule has 0 aliphatic carbocycles. The monoisotopic (exact) mass is 199 g/mol. The Balaban J connectivity index is 2.20. The molecule has 14 heavy (non-hydrogen) atoms. The van der Waals surface area contributed by atoms with Gasteiger partial charge in [-0.25, -0.2) is 4.79 Å². The summed E-state index contributed by atoms with van der Waals surface area (Å²) in [6.07, 6.45) is 1.97. The van der Waals surface area contributed by atoms with Crippen LogP contribution in [0.3, 0.4) is 0 Å². The predicted molar refractivity (Wildman–Crippen MR) is 53.2 cm³/mol. The van der Waals surface area contributed by atoms with E-state index in [1.165, 1.54) is 0 Å². The molecule has 0 spiro atoms. The van der Waals surface area contributed by atoms with Crippen LogP contribution in [0.15, 0.2) is 12.2 Å². The molecule has 0 saturated carbocycles. The molecule has 0 N–H and O–H groups in total. The number of carbonyl (C=O) groups excluding carboxylic acids is 1. The average Bonchev–Trinajstić information content (AvgIpc) is 2.52. The number of hydrogen-bond acceptors (Lipinski definition) is 3. The highest BCUT2D eigenvalue weighted by Gasteiger charge is 2.22. The molecular formula is C10H17NO3. The largest absolute Gasteiger partial charge is 0.633 e. The van der Waals surface area contributed by atoms with Crippen molar-refractivity contribution < 1.29 is 14.2 Å². The fourth-order valence-electron chi connectivity index (χ4n) is 1.56. The average molecular weight is 199 g/mol. The highest BCUT2D eigenvalue weighted by atomic mass is 16.6. The number of carbonyl (C=O) groups is 1. The Morgan fingerprint density at radius 3 is 2.57 bits per heavy atom. The van der Waals surface area contributed by atoms with Crippen LogP contribution in [0.5, 0.6) is 0 Å². The first-order valence-electron chi connectivity index (χ1n) is 4.93. The number of quaternary nitrogens is 1. The summed E-state index contributed by atoms with van der Waals surface area (Å²) in [5.41, 5.74) is 0.379. The van der Waals surface area contributed by atoms with Gasteiger partial charge in [-0.3, -0.25) is 0 Å². The second-order valence-corrected chi connectivity index (χ2v) is 3.85. The van der Waals surface area contributed by atoms with Crippen LogP contribution < -0.4 is 0 Å². The molecule has 0 atom stereocenters. The third-order valence-corrected chi connectivity index (χ3v) is 2.46. The van der Waals surface area contributed by atoms with E-state index in [0.29, 0.717) is 25.2 Å². The molecule has 1 aliphatic heterocycles. The highest BCUT2D eigenvalue weighted by molar-refractivity contribution is 5.86. The Labute approximate surface area is 84.3 Å². The molecule has 4 nitrogen and oxygen atoms in total. The third kappa shape index (κ3) is 3.12. The molecule has 4 heteroatoms. The summed E-state index contributed by atoms with van der Waals surface area (Å²) in [7, 11) is 0. The Hall–Kier alpha value is -0.870. The van der Waals surface area contributed by atoms with E-state index in [9.17, 15) is 10.0 Å². The zero-order valence-corrected chi connectivity index (χ0v) is 8.62. The Morgan fingerprint density at radius 2 is 2.07 bits per heavy atom. The van der Waals surface area contributed by atoms with Crippen molar-refractivity contribution in [2.75, 3.05) is 26.2 Å². The summed E-state index contributed by atoms with van der Waals surface area (Å²) in [4.78, 5) is 11.0. The van der Waals surface area contributed by atoms with Crippen LogP contribution in [0.2, 0.25) is 0 Å². The summed E-state index contributed by atoms with van der Waals surface area (Å²) < 4.78 is 4.67. The lowest BCUT2D eigenvalue weighted by atomic mass is 10.4. The fourth-order valence-corrected chi connectivity index (χ4v) is 1.56. The van der Waals surface area contributed by atoms with Crippen LogP contribution >= 0.6 is 0 Å².